The number of alkyl halides is 3. The van der Waals surface area contributed by atoms with Crippen LogP contribution in [0.25, 0.3) is 0 Å². The van der Waals surface area contributed by atoms with Crippen molar-refractivity contribution in [2.75, 3.05) is 7.11 Å². The second-order valence-corrected chi connectivity index (χ2v) is 23.0. The van der Waals surface area contributed by atoms with E-state index < -0.39 is 11.7 Å². The summed E-state index contributed by atoms with van der Waals surface area (Å²) >= 11 is 5.92. The van der Waals surface area contributed by atoms with E-state index in [1.165, 1.54) is 52.1 Å². The van der Waals surface area contributed by atoms with Crippen molar-refractivity contribution >= 4 is 11.6 Å². The van der Waals surface area contributed by atoms with Gasteiger partial charge in [-0.05, 0) is 147 Å². The standard InChI is InChI=1S/C10H11F3.C10H11N.C10H14O.C10H14.C9H11Cl.2C9H11F.C9H12/c1-7(2)8-5-3-4-6-9(8)10(11,12)13;1-8(2)10-6-4-3-5-9(10)7-11;1-8(2)9-6-4-5-7-10(9)11-3;1-8(2)10-7-5-4-6-9(10)3;1-7(2)8-5-3-4-6-9(8)10;1-7(2)8-4-3-5-9(10)6-8;1-7(2)8-5-3-4-6-9(8)10;1-8(2)9-6-4-3-5-7-9/h3-7H,1-2H3;3-6,8H,1-2H3;4-8H,1-3H3;4-8H,1-3H3;3*3-7H,1-2H3;3-8H,1-2H3. The summed E-state index contributed by atoms with van der Waals surface area (Å²) in [6.07, 6.45) is -4.24. The number of nitriles is 1. The van der Waals surface area contributed by atoms with Crippen LogP contribution < -0.4 is 4.74 Å². The fraction of sp³-hybridized carbons (Fsp3) is 0.355. The van der Waals surface area contributed by atoms with Crippen LogP contribution in [0, 0.1) is 29.9 Å². The van der Waals surface area contributed by atoms with Crippen molar-refractivity contribution in [3.05, 3.63) is 278 Å². The summed E-state index contributed by atoms with van der Waals surface area (Å²) in [6, 6.07) is 64.3. The molecular formula is C76H95ClF5NO. The van der Waals surface area contributed by atoms with Crippen LogP contribution in [-0.2, 0) is 6.18 Å². The molecule has 8 aromatic rings. The molecule has 0 heterocycles. The van der Waals surface area contributed by atoms with Gasteiger partial charge >= 0.3 is 6.18 Å². The Balaban J connectivity index is 0.000000481. The smallest absolute Gasteiger partial charge is 0.416 e. The first-order chi connectivity index (χ1) is 39.6. The van der Waals surface area contributed by atoms with Gasteiger partial charge < -0.3 is 4.74 Å². The van der Waals surface area contributed by atoms with E-state index >= 15 is 0 Å². The summed E-state index contributed by atoms with van der Waals surface area (Å²) in [5.41, 5.74) is 10.4. The summed E-state index contributed by atoms with van der Waals surface area (Å²) in [4.78, 5) is 0. The summed E-state index contributed by atoms with van der Waals surface area (Å²) in [5, 5.41) is 9.59. The SMILES string of the molecule is CC(C)c1cccc(F)c1.CC(C)c1ccccc1.CC(C)c1ccccc1C#N.CC(C)c1ccccc1C(F)(F)F.CC(C)c1ccccc1Cl.CC(C)c1ccccc1F.COc1ccccc1C(C)C.Cc1ccccc1C(C)C. The molecule has 2 nitrogen and oxygen atoms in total. The lowest BCUT2D eigenvalue weighted by Gasteiger charge is -2.14. The molecule has 0 fully saturated rings. The zero-order valence-electron chi connectivity index (χ0n) is 53.3. The first-order valence-electron chi connectivity index (χ1n) is 29.2. The molecule has 0 amide bonds. The molecule has 0 aliphatic heterocycles. The average molecular weight is 1170 g/mol. The van der Waals surface area contributed by atoms with Crippen molar-refractivity contribution in [2.24, 2.45) is 0 Å². The highest BCUT2D eigenvalue weighted by Crippen LogP contribution is 2.35. The molecule has 452 valence electrons. The molecule has 0 aliphatic carbocycles. The Morgan fingerprint density at radius 2 is 0.786 bits per heavy atom. The molecule has 8 aromatic carbocycles. The average Bonchev–Trinajstić information content (AvgIpc) is 3.66. The molecule has 8 heteroatoms. The molecule has 0 saturated carbocycles. The van der Waals surface area contributed by atoms with E-state index in [0.29, 0.717) is 41.1 Å². The Morgan fingerprint density at radius 1 is 0.393 bits per heavy atom. The van der Waals surface area contributed by atoms with E-state index in [1.807, 2.05) is 98.8 Å². The van der Waals surface area contributed by atoms with Crippen molar-refractivity contribution in [2.45, 2.75) is 171 Å². The normalized spacial score (nSPS) is 10.5. The number of hydrogen-bond acceptors (Lipinski definition) is 2. The molecule has 84 heavy (non-hydrogen) atoms. The van der Waals surface area contributed by atoms with E-state index in [-0.39, 0.29) is 23.5 Å². The highest BCUT2D eigenvalue weighted by molar-refractivity contribution is 6.31. The lowest BCUT2D eigenvalue weighted by atomic mass is 9.97. The molecule has 0 radical (unpaired) electrons. The quantitative estimate of drug-likeness (QED) is 0.135. The van der Waals surface area contributed by atoms with Gasteiger partial charge in [-0.3, -0.25) is 0 Å². The van der Waals surface area contributed by atoms with Gasteiger partial charge in [0.05, 0.1) is 24.3 Å². The number of aryl methyl sites for hydroxylation is 1. The van der Waals surface area contributed by atoms with Gasteiger partial charge in [0.25, 0.3) is 0 Å². The molecule has 0 atom stereocenters. The summed E-state index contributed by atoms with van der Waals surface area (Å²) < 4.78 is 67.8. The first-order valence-corrected chi connectivity index (χ1v) is 29.6. The number of rotatable bonds is 9. The van der Waals surface area contributed by atoms with Crippen molar-refractivity contribution in [3.8, 4) is 11.8 Å². The monoisotopic (exact) mass is 1170 g/mol. The Kier molecular flexibility index (Phi) is 36.0. The number of nitrogens with zero attached hydrogens (tertiary/aromatic N) is 1. The van der Waals surface area contributed by atoms with Crippen LogP contribution in [0.1, 0.15) is 219 Å². The lowest BCUT2D eigenvalue weighted by molar-refractivity contribution is -0.138. The van der Waals surface area contributed by atoms with Crippen LogP contribution in [0.4, 0.5) is 22.0 Å². The van der Waals surface area contributed by atoms with Crippen molar-refractivity contribution in [3.63, 3.8) is 0 Å². The van der Waals surface area contributed by atoms with Gasteiger partial charge in [0.15, 0.2) is 0 Å². The molecule has 0 N–H and O–H groups in total. The zero-order chi connectivity index (χ0) is 63.5. The predicted molar refractivity (Wildman–Crippen MR) is 350 cm³/mol. The van der Waals surface area contributed by atoms with Gasteiger partial charge in [-0.2, -0.15) is 18.4 Å². The maximum atomic E-state index is 12.8. The third-order valence-corrected chi connectivity index (χ3v) is 13.5. The Bertz CT molecular complexity index is 2960. The second-order valence-electron chi connectivity index (χ2n) is 22.6. The Morgan fingerprint density at radius 3 is 1.13 bits per heavy atom. The van der Waals surface area contributed by atoms with Crippen LogP contribution in [0.15, 0.2) is 200 Å². The maximum Gasteiger partial charge on any atom is 0.416 e. The van der Waals surface area contributed by atoms with Crippen LogP contribution in [0.3, 0.4) is 0 Å². The Hall–Kier alpha value is -7.01. The highest BCUT2D eigenvalue weighted by Gasteiger charge is 2.33. The van der Waals surface area contributed by atoms with Crippen LogP contribution in [0.2, 0.25) is 5.02 Å². The number of ether oxygens (including phenoxy) is 1. The number of benzene rings is 8. The lowest BCUT2D eigenvalue weighted by Crippen LogP contribution is -2.09. The Labute approximate surface area is 509 Å². The number of para-hydroxylation sites is 1. The molecule has 0 aromatic heterocycles. The molecule has 0 aliphatic rings. The zero-order valence-corrected chi connectivity index (χ0v) is 54.1. The van der Waals surface area contributed by atoms with E-state index in [0.717, 1.165) is 39.1 Å². The van der Waals surface area contributed by atoms with Gasteiger partial charge in [0, 0.05) is 5.02 Å². The van der Waals surface area contributed by atoms with Gasteiger partial charge in [0.2, 0.25) is 0 Å². The first kappa shape index (κ1) is 75.0. The van der Waals surface area contributed by atoms with E-state index in [2.05, 4.69) is 157 Å². The van der Waals surface area contributed by atoms with Crippen LogP contribution >= 0.6 is 11.6 Å². The summed E-state index contributed by atoms with van der Waals surface area (Å²) in [7, 11) is 1.71. The fourth-order valence-electron chi connectivity index (χ4n) is 8.33. The summed E-state index contributed by atoms with van der Waals surface area (Å²) in [6.45, 7) is 35.4. The largest absolute Gasteiger partial charge is 0.496 e. The minimum atomic E-state index is -4.24. The van der Waals surface area contributed by atoms with Gasteiger partial charge in [0.1, 0.15) is 17.4 Å². The molecule has 0 bridgehead atoms. The van der Waals surface area contributed by atoms with Crippen molar-refractivity contribution in [1.82, 2.24) is 0 Å². The number of hydrogen-bond donors (Lipinski definition) is 0. The molecule has 0 unspecified atom stereocenters. The molecular weight excluding hydrogens is 1070 g/mol. The van der Waals surface area contributed by atoms with Gasteiger partial charge in [-0.1, -0.05) is 280 Å². The molecule has 0 saturated heterocycles. The molecule has 8 rings (SSSR count). The second kappa shape index (κ2) is 40.3. The third kappa shape index (κ3) is 29.0. The minimum absolute atomic E-state index is 0.0992. The van der Waals surface area contributed by atoms with Gasteiger partial charge in [-0.15, -0.1) is 0 Å². The van der Waals surface area contributed by atoms with Crippen LogP contribution in [-0.4, -0.2) is 7.11 Å². The van der Waals surface area contributed by atoms with Crippen molar-refractivity contribution < 1.29 is 26.7 Å². The minimum Gasteiger partial charge on any atom is -0.496 e. The van der Waals surface area contributed by atoms with Crippen molar-refractivity contribution in [1.29, 1.82) is 5.26 Å². The molecule has 0 spiro atoms. The van der Waals surface area contributed by atoms with E-state index in [1.54, 1.807) is 45.2 Å². The predicted octanol–water partition coefficient (Wildman–Crippen LogP) is 24.6. The summed E-state index contributed by atoms with van der Waals surface area (Å²) in [5.74, 6) is 4.14. The van der Waals surface area contributed by atoms with E-state index in [9.17, 15) is 22.0 Å². The fourth-order valence-corrected chi connectivity index (χ4v) is 8.68. The number of methoxy groups -OCH3 is 1. The van der Waals surface area contributed by atoms with E-state index in [4.69, 9.17) is 21.6 Å². The number of halogens is 6. The maximum absolute atomic E-state index is 12.8. The topological polar surface area (TPSA) is 33.0 Å². The van der Waals surface area contributed by atoms with Crippen LogP contribution in [0.5, 0.6) is 5.75 Å². The third-order valence-electron chi connectivity index (χ3n) is 13.2. The highest BCUT2D eigenvalue weighted by atomic mass is 35.5. The van der Waals surface area contributed by atoms with Gasteiger partial charge in [-0.25, -0.2) is 8.78 Å².